The number of allylic oxidation sites excluding steroid dienone is 4. The summed E-state index contributed by atoms with van der Waals surface area (Å²) in [6.07, 6.45) is 7.98. The van der Waals surface area contributed by atoms with Gasteiger partial charge in [-0.3, -0.25) is 4.28 Å². The molecule has 0 bridgehead atoms. The van der Waals surface area contributed by atoms with Crippen LogP contribution in [0.3, 0.4) is 0 Å². The van der Waals surface area contributed by atoms with Crippen LogP contribution in [0.2, 0.25) is 0 Å². The highest BCUT2D eigenvalue weighted by molar-refractivity contribution is 7.85. The summed E-state index contributed by atoms with van der Waals surface area (Å²) in [4.78, 5) is 0. The minimum atomic E-state index is -3.49. The van der Waals surface area contributed by atoms with E-state index in [0.29, 0.717) is 5.71 Å². The standard InChI is InChI=1S/C8H13NO3S/c1-4-5-6-7-8(2)9-12-13(3,10)11/h4-7H,1-3H3/b5-4+,7-6-,9-8+. The molecule has 0 atom stereocenters. The summed E-state index contributed by atoms with van der Waals surface area (Å²) in [6, 6.07) is 0. The molecule has 0 aromatic heterocycles. The number of hydrogen-bond acceptors (Lipinski definition) is 4. The topological polar surface area (TPSA) is 55.7 Å². The molecular formula is C8H13NO3S. The summed E-state index contributed by atoms with van der Waals surface area (Å²) in [7, 11) is -3.49. The normalized spacial score (nSPS) is 14.2. The summed E-state index contributed by atoms with van der Waals surface area (Å²) >= 11 is 0. The van der Waals surface area contributed by atoms with Crippen LogP contribution in [0.4, 0.5) is 0 Å². The van der Waals surface area contributed by atoms with E-state index in [0.717, 1.165) is 6.26 Å². The lowest BCUT2D eigenvalue weighted by atomic mass is 10.3. The molecule has 0 aliphatic rings. The molecule has 0 aromatic rings. The third-order valence-corrected chi connectivity index (χ3v) is 1.30. The Balaban J connectivity index is 4.19. The van der Waals surface area contributed by atoms with Crippen LogP contribution in [-0.2, 0) is 14.4 Å². The van der Waals surface area contributed by atoms with Gasteiger partial charge in [0.1, 0.15) is 0 Å². The minimum absolute atomic E-state index is 0.489. The van der Waals surface area contributed by atoms with E-state index in [-0.39, 0.29) is 0 Å². The second kappa shape index (κ2) is 5.53. The Morgan fingerprint density at radius 2 is 2.00 bits per heavy atom. The molecule has 0 aliphatic heterocycles. The smallest absolute Gasteiger partial charge is 0.268 e. The van der Waals surface area contributed by atoms with Crippen molar-refractivity contribution in [3.63, 3.8) is 0 Å². The van der Waals surface area contributed by atoms with E-state index in [1.54, 1.807) is 25.2 Å². The Labute approximate surface area is 78.7 Å². The molecule has 0 saturated heterocycles. The molecule has 0 unspecified atom stereocenters. The van der Waals surface area contributed by atoms with Gasteiger partial charge < -0.3 is 0 Å². The van der Waals surface area contributed by atoms with E-state index in [9.17, 15) is 8.42 Å². The van der Waals surface area contributed by atoms with Crippen LogP contribution in [0.1, 0.15) is 13.8 Å². The molecule has 0 aliphatic carbocycles. The second-order valence-electron chi connectivity index (χ2n) is 2.40. The van der Waals surface area contributed by atoms with E-state index < -0.39 is 10.1 Å². The van der Waals surface area contributed by atoms with E-state index in [1.807, 2.05) is 13.0 Å². The van der Waals surface area contributed by atoms with Crippen LogP contribution in [0.25, 0.3) is 0 Å². The highest BCUT2D eigenvalue weighted by Gasteiger charge is 1.98. The van der Waals surface area contributed by atoms with E-state index in [2.05, 4.69) is 9.44 Å². The highest BCUT2D eigenvalue weighted by atomic mass is 32.2. The largest absolute Gasteiger partial charge is 0.325 e. The maximum atomic E-state index is 10.5. The molecule has 0 fully saturated rings. The van der Waals surface area contributed by atoms with Gasteiger partial charge in [-0.2, -0.15) is 8.42 Å². The van der Waals surface area contributed by atoms with Gasteiger partial charge in [0.2, 0.25) is 0 Å². The lowest BCUT2D eigenvalue weighted by molar-refractivity contribution is 0.343. The summed E-state index contributed by atoms with van der Waals surface area (Å²) in [5, 5.41) is 3.38. The zero-order valence-corrected chi connectivity index (χ0v) is 8.71. The monoisotopic (exact) mass is 203 g/mol. The van der Waals surface area contributed by atoms with Gasteiger partial charge >= 0.3 is 10.1 Å². The average Bonchev–Trinajstić information content (AvgIpc) is 2.00. The Morgan fingerprint density at radius 1 is 1.38 bits per heavy atom. The Bertz CT molecular complexity index is 325. The second-order valence-corrected chi connectivity index (χ2v) is 3.95. The zero-order chi connectivity index (χ0) is 10.3. The third kappa shape index (κ3) is 8.81. The van der Waals surface area contributed by atoms with Crippen molar-refractivity contribution >= 4 is 15.8 Å². The van der Waals surface area contributed by atoms with Crippen molar-refractivity contribution < 1.29 is 12.7 Å². The maximum absolute atomic E-state index is 10.5. The minimum Gasteiger partial charge on any atom is -0.268 e. The van der Waals surface area contributed by atoms with Gasteiger partial charge in [0.05, 0.1) is 12.0 Å². The van der Waals surface area contributed by atoms with Gasteiger partial charge in [0, 0.05) is 0 Å². The first-order valence-electron chi connectivity index (χ1n) is 3.68. The van der Waals surface area contributed by atoms with E-state index in [1.165, 1.54) is 0 Å². The molecule has 0 heterocycles. The van der Waals surface area contributed by atoms with Gasteiger partial charge in [0.25, 0.3) is 0 Å². The van der Waals surface area contributed by atoms with Gasteiger partial charge in [0.15, 0.2) is 0 Å². The van der Waals surface area contributed by atoms with E-state index >= 15 is 0 Å². The number of nitrogens with zero attached hydrogens (tertiary/aromatic N) is 1. The molecule has 0 saturated carbocycles. The average molecular weight is 203 g/mol. The zero-order valence-electron chi connectivity index (χ0n) is 7.89. The molecule has 0 spiro atoms. The number of hydrogen-bond donors (Lipinski definition) is 0. The van der Waals surface area contributed by atoms with Crippen LogP contribution >= 0.6 is 0 Å². The van der Waals surface area contributed by atoms with Crippen molar-refractivity contribution in [3.8, 4) is 0 Å². The summed E-state index contributed by atoms with van der Waals surface area (Å²) in [5.74, 6) is 0. The van der Waals surface area contributed by atoms with Crippen molar-refractivity contribution in [1.82, 2.24) is 0 Å². The number of oxime groups is 1. The van der Waals surface area contributed by atoms with Gasteiger partial charge in [-0.15, -0.1) is 0 Å². The van der Waals surface area contributed by atoms with Gasteiger partial charge in [-0.05, 0) is 19.9 Å². The van der Waals surface area contributed by atoms with Crippen molar-refractivity contribution in [3.05, 3.63) is 24.3 Å². The quantitative estimate of drug-likeness (QED) is 0.395. The van der Waals surface area contributed by atoms with Crippen molar-refractivity contribution in [1.29, 1.82) is 0 Å². The first-order chi connectivity index (χ1) is 5.95. The molecule has 0 rings (SSSR count). The van der Waals surface area contributed by atoms with Crippen LogP contribution in [0, 0.1) is 0 Å². The molecule has 13 heavy (non-hydrogen) atoms. The SMILES string of the molecule is C/C=C/C=C\C(C)=N\OS(C)(=O)=O. The fourth-order valence-electron chi connectivity index (χ4n) is 0.463. The molecule has 0 N–H and O–H groups in total. The molecule has 4 nitrogen and oxygen atoms in total. The Hall–Kier alpha value is -1.10. The Morgan fingerprint density at radius 3 is 2.46 bits per heavy atom. The summed E-state index contributed by atoms with van der Waals surface area (Å²) < 4.78 is 25.2. The van der Waals surface area contributed by atoms with E-state index in [4.69, 9.17) is 0 Å². The predicted molar refractivity (Wildman–Crippen MR) is 53.0 cm³/mol. The van der Waals surface area contributed by atoms with Crippen molar-refractivity contribution in [2.45, 2.75) is 13.8 Å². The van der Waals surface area contributed by atoms with Crippen molar-refractivity contribution in [2.24, 2.45) is 5.16 Å². The van der Waals surface area contributed by atoms with Crippen LogP contribution < -0.4 is 0 Å². The molecule has 5 heteroatoms. The number of rotatable bonds is 4. The predicted octanol–water partition coefficient (Wildman–Crippen LogP) is 1.47. The van der Waals surface area contributed by atoms with Crippen LogP contribution in [0.5, 0.6) is 0 Å². The first kappa shape index (κ1) is 11.9. The molecular weight excluding hydrogens is 190 g/mol. The molecule has 0 radical (unpaired) electrons. The maximum Gasteiger partial charge on any atom is 0.325 e. The lowest BCUT2D eigenvalue weighted by Gasteiger charge is -1.93. The fourth-order valence-corrected chi connectivity index (χ4v) is 0.716. The third-order valence-electron chi connectivity index (χ3n) is 0.958. The Kier molecular flexibility index (Phi) is 5.06. The highest BCUT2D eigenvalue weighted by Crippen LogP contribution is 1.90. The summed E-state index contributed by atoms with van der Waals surface area (Å²) in [5.41, 5.74) is 0.489. The lowest BCUT2D eigenvalue weighted by Crippen LogP contribution is -1.98. The van der Waals surface area contributed by atoms with Crippen molar-refractivity contribution in [2.75, 3.05) is 6.26 Å². The molecule has 0 aromatic carbocycles. The van der Waals surface area contributed by atoms with Gasteiger partial charge in [-0.25, -0.2) is 0 Å². The molecule has 0 amide bonds. The summed E-state index contributed by atoms with van der Waals surface area (Å²) in [6.45, 7) is 3.52. The van der Waals surface area contributed by atoms with Crippen LogP contribution in [-0.4, -0.2) is 20.4 Å². The molecule has 74 valence electrons. The first-order valence-corrected chi connectivity index (χ1v) is 5.50. The van der Waals surface area contributed by atoms with Crippen LogP contribution in [0.15, 0.2) is 29.5 Å². The van der Waals surface area contributed by atoms with Gasteiger partial charge in [-0.1, -0.05) is 23.4 Å². The fraction of sp³-hybridized carbons (Fsp3) is 0.375.